The lowest BCUT2D eigenvalue weighted by Crippen LogP contribution is -2.10. The number of benzene rings is 10. The zero-order chi connectivity index (χ0) is 37.0. The lowest BCUT2D eigenvalue weighted by Gasteiger charge is -2.27. The van der Waals surface area contributed by atoms with Gasteiger partial charge in [-0.15, -0.1) is 0 Å². The molecule has 0 bridgehead atoms. The van der Waals surface area contributed by atoms with Crippen LogP contribution in [0.5, 0.6) is 0 Å². The number of para-hydroxylation sites is 1. The molecule has 0 fully saturated rings. The molecule has 10 aromatic carbocycles. The SMILES string of the molecule is c1ccc(-n2c3cc4ccccc4cc3c3c(-c4cccc(N(c5ccc(-c6cccc7ccccc67)cc5)c5cccc6ccccc56)c4)cccc32)cc1. The molecule has 1 aromatic heterocycles. The fraction of sp³-hybridized carbons (Fsp3) is 0. The van der Waals surface area contributed by atoms with Gasteiger partial charge >= 0.3 is 0 Å². The molecule has 0 saturated heterocycles. The molecule has 262 valence electrons. The van der Waals surface area contributed by atoms with Gasteiger partial charge in [-0.05, 0) is 110 Å². The third-order valence-corrected chi connectivity index (χ3v) is 11.3. The van der Waals surface area contributed by atoms with Gasteiger partial charge in [-0.1, -0.05) is 158 Å². The summed E-state index contributed by atoms with van der Waals surface area (Å²) in [7, 11) is 0. The molecular weight excluding hydrogens is 677 g/mol. The van der Waals surface area contributed by atoms with Crippen molar-refractivity contribution in [3.63, 3.8) is 0 Å². The van der Waals surface area contributed by atoms with Crippen LogP contribution in [0.1, 0.15) is 0 Å². The molecule has 1 heterocycles. The summed E-state index contributed by atoms with van der Waals surface area (Å²) in [6.45, 7) is 0. The van der Waals surface area contributed by atoms with E-state index in [9.17, 15) is 0 Å². The first-order valence-corrected chi connectivity index (χ1v) is 19.3. The summed E-state index contributed by atoms with van der Waals surface area (Å²) in [5.74, 6) is 0. The largest absolute Gasteiger partial charge is 0.310 e. The Morgan fingerprint density at radius 1 is 0.321 bits per heavy atom. The van der Waals surface area contributed by atoms with Gasteiger partial charge < -0.3 is 9.47 Å². The standard InChI is InChI=1S/C54H36N2/c1-2-21-43(22-3-1)56-52-29-13-27-49(54(52)50-35-40-16-4-5-17-41(40)36-53(50)56)42-20-10-23-45(34-42)55(51-28-12-19-38-15-7-9-25-48(38)51)44-32-30-39(31-33-44)47-26-11-18-37-14-6-8-24-46(37)47/h1-36H. The van der Waals surface area contributed by atoms with E-state index in [4.69, 9.17) is 0 Å². The van der Waals surface area contributed by atoms with Crippen LogP contribution in [-0.2, 0) is 0 Å². The number of aromatic nitrogens is 1. The summed E-state index contributed by atoms with van der Waals surface area (Å²) in [6, 6.07) is 79.5. The average molecular weight is 713 g/mol. The summed E-state index contributed by atoms with van der Waals surface area (Å²) < 4.78 is 2.42. The van der Waals surface area contributed by atoms with Crippen LogP contribution in [0.3, 0.4) is 0 Å². The lowest BCUT2D eigenvalue weighted by atomic mass is 9.97. The van der Waals surface area contributed by atoms with Crippen molar-refractivity contribution >= 4 is 71.2 Å². The van der Waals surface area contributed by atoms with Crippen LogP contribution in [-0.4, -0.2) is 4.57 Å². The number of nitrogens with zero attached hydrogens (tertiary/aromatic N) is 2. The van der Waals surface area contributed by atoms with Gasteiger partial charge in [0.05, 0.1) is 16.7 Å². The summed E-state index contributed by atoms with van der Waals surface area (Å²) in [6.07, 6.45) is 0. The van der Waals surface area contributed by atoms with Crippen molar-refractivity contribution < 1.29 is 0 Å². The molecular formula is C54H36N2. The molecule has 0 aliphatic carbocycles. The molecule has 0 aliphatic rings. The van der Waals surface area contributed by atoms with Crippen molar-refractivity contribution in [1.82, 2.24) is 4.57 Å². The number of rotatable bonds is 6. The minimum Gasteiger partial charge on any atom is -0.310 e. The fourth-order valence-electron chi connectivity index (χ4n) is 8.76. The molecule has 0 radical (unpaired) electrons. The minimum atomic E-state index is 1.10. The highest BCUT2D eigenvalue weighted by atomic mass is 15.1. The third kappa shape index (κ3) is 5.26. The molecule has 0 saturated carbocycles. The van der Waals surface area contributed by atoms with Crippen LogP contribution < -0.4 is 4.90 Å². The molecule has 0 unspecified atom stereocenters. The van der Waals surface area contributed by atoms with Gasteiger partial charge in [-0.25, -0.2) is 0 Å². The molecule has 11 aromatic rings. The minimum absolute atomic E-state index is 1.10. The van der Waals surface area contributed by atoms with E-state index in [-0.39, 0.29) is 0 Å². The monoisotopic (exact) mass is 712 g/mol. The van der Waals surface area contributed by atoms with Crippen LogP contribution in [0.15, 0.2) is 218 Å². The Hall–Kier alpha value is -7.42. The quantitative estimate of drug-likeness (QED) is 0.167. The smallest absolute Gasteiger partial charge is 0.0547 e. The molecule has 0 spiro atoms. The van der Waals surface area contributed by atoms with E-state index in [2.05, 4.69) is 228 Å². The maximum atomic E-state index is 2.42. The normalized spacial score (nSPS) is 11.6. The first-order chi connectivity index (χ1) is 27.8. The Bertz CT molecular complexity index is 3240. The predicted octanol–water partition coefficient (Wildman–Crippen LogP) is 15.0. The van der Waals surface area contributed by atoms with Gasteiger partial charge in [0.2, 0.25) is 0 Å². The number of hydrogen-bond donors (Lipinski definition) is 0. The first kappa shape index (κ1) is 32.0. The van der Waals surface area contributed by atoms with Crippen LogP contribution in [0, 0.1) is 0 Å². The van der Waals surface area contributed by atoms with Crippen molar-refractivity contribution in [1.29, 1.82) is 0 Å². The second-order valence-electron chi connectivity index (χ2n) is 14.5. The maximum absolute atomic E-state index is 2.42. The molecule has 0 N–H and O–H groups in total. The van der Waals surface area contributed by atoms with Gasteiger partial charge in [-0.2, -0.15) is 0 Å². The number of hydrogen-bond acceptors (Lipinski definition) is 1. The maximum Gasteiger partial charge on any atom is 0.0547 e. The van der Waals surface area contributed by atoms with Crippen molar-refractivity contribution in [3.05, 3.63) is 218 Å². The predicted molar refractivity (Wildman–Crippen MR) is 239 cm³/mol. The highest BCUT2D eigenvalue weighted by Crippen LogP contribution is 2.44. The highest BCUT2D eigenvalue weighted by molar-refractivity contribution is 6.19. The Balaban J connectivity index is 1.12. The van der Waals surface area contributed by atoms with E-state index in [0.29, 0.717) is 0 Å². The summed E-state index contributed by atoms with van der Waals surface area (Å²) in [5.41, 5.74) is 11.7. The van der Waals surface area contributed by atoms with Gasteiger partial charge in [0.25, 0.3) is 0 Å². The van der Waals surface area contributed by atoms with E-state index in [1.807, 2.05) is 0 Å². The van der Waals surface area contributed by atoms with Crippen molar-refractivity contribution in [2.45, 2.75) is 0 Å². The molecule has 0 atom stereocenters. The van der Waals surface area contributed by atoms with Crippen molar-refractivity contribution in [2.24, 2.45) is 0 Å². The van der Waals surface area contributed by atoms with Crippen LogP contribution in [0.2, 0.25) is 0 Å². The van der Waals surface area contributed by atoms with E-state index in [1.165, 1.54) is 76.4 Å². The van der Waals surface area contributed by atoms with E-state index >= 15 is 0 Å². The van der Waals surface area contributed by atoms with Gasteiger partial charge in [-0.3, -0.25) is 0 Å². The Labute approximate surface area is 325 Å². The Morgan fingerprint density at radius 3 is 1.73 bits per heavy atom. The topological polar surface area (TPSA) is 8.17 Å². The van der Waals surface area contributed by atoms with E-state index < -0.39 is 0 Å². The molecule has 2 nitrogen and oxygen atoms in total. The van der Waals surface area contributed by atoms with Crippen LogP contribution in [0.25, 0.3) is 82.1 Å². The molecule has 0 aliphatic heterocycles. The average Bonchev–Trinajstić information content (AvgIpc) is 3.59. The first-order valence-electron chi connectivity index (χ1n) is 19.3. The third-order valence-electron chi connectivity index (χ3n) is 11.3. The van der Waals surface area contributed by atoms with Crippen LogP contribution >= 0.6 is 0 Å². The second-order valence-corrected chi connectivity index (χ2v) is 14.5. The summed E-state index contributed by atoms with van der Waals surface area (Å²) in [4.78, 5) is 2.42. The molecule has 11 rings (SSSR count). The van der Waals surface area contributed by atoms with Crippen molar-refractivity contribution in [3.8, 4) is 27.9 Å². The fourth-order valence-corrected chi connectivity index (χ4v) is 8.76. The zero-order valence-electron chi connectivity index (χ0n) is 30.7. The molecule has 56 heavy (non-hydrogen) atoms. The van der Waals surface area contributed by atoms with Gasteiger partial charge in [0.1, 0.15) is 0 Å². The van der Waals surface area contributed by atoms with E-state index in [0.717, 1.165) is 22.7 Å². The number of anilines is 3. The Kier molecular flexibility index (Phi) is 7.53. The van der Waals surface area contributed by atoms with Crippen molar-refractivity contribution in [2.75, 3.05) is 4.90 Å². The zero-order valence-corrected chi connectivity index (χ0v) is 30.7. The Morgan fingerprint density at radius 2 is 0.929 bits per heavy atom. The second kappa shape index (κ2) is 13.2. The van der Waals surface area contributed by atoms with Crippen LogP contribution in [0.4, 0.5) is 17.1 Å². The van der Waals surface area contributed by atoms with E-state index in [1.54, 1.807) is 0 Å². The summed E-state index contributed by atoms with van der Waals surface area (Å²) in [5, 5.41) is 9.91. The molecule has 0 amide bonds. The van der Waals surface area contributed by atoms with Gasteiger partial charge in [0, 0.05) is 33.2 Å². The summed E-state index contributed by atoms with van der Waals surface area (Å²) >= 11 is 0. The lowest BCUT2D eigenvalue weighted by molar-refractivity contribution is 1.18. The molecule has 2 heteroatoms. The van der Waals surface area contributed by atoms with Gasteiger partial charge in [0.15, 0.2) is 0 Å². The highest BCUT2D eigenvalue weighted by Gasteiger charge is 2.20. The number of fused-ring (bicyclic) bond motifs is 6.